The van der Waals surface area contributed by atoms with Gasteiger partial charge in [-0.15, -0.1) is 11.3 Å². The Morgan fingerprint density at radius 3 is 2.62 bits per heavy atom. The lowest BCUT2D eigenvalue weighted by Gasteiger charge is -2.41. The van der Waals surface area contributed by atoms with E-state index in [0.29, 0.717) is 11.5 Å². The molecule has 0 fully saturated rings. The van der Waals surface area contributed by atoms with Crippen molar-refractivity contribution in [1.82, 2.24) is 9.88 Å². The summed E-state index contributed by atoms with van der Waals surface area (Å²) in [5.74, 6) is -0.0811. The third kappa shape index (κ3) is 3.67. The van der Waals surface area contributed by atoms with E-state index >= 15 is 0 Å². The molecule has 0 bridgehead atoms. The molecule has 6 nitrogen and oxygen atoms in total. The zero-order valence-corrected chi connectivity index (χ0v) is 18.2. The third-order valence-corrected chi connectivity index (χ3v) is 6.45. The van der Waals surface area contributed by atoms with Crippen LogP contribution in [0.2, 0.25) is 0 Å². The number of rotatable bonds is 4. The summed E-state index contributed by atoms with van der Waals surface area (Å²) in [5, 5.41) is 5.95. The maximum atomic E-state index is 13.2. The van der Waals surface area contributed by atoms with Gasteiger partial charge >= 0.3 is 0 Å². The number of amidine groups is 1. The normalized spacial score (nSPS) is 19.5. The molecular weight excluding hydrogens is 420 g/mol. The molecule has 0 radical (unpaired) electrons. The van der Waals surface area contributed by atoms with Crippen LogP contribution in [0, 0.1) is 0 Å². The number of carbonyl (C=O) groups is 2. The van der Waals surface area contributed by atoms with Gasteiger partial charge in [0.05, 0.1) is 12.1 Å². The SMILES string of the molecule is CC1(C(=O)Nc2ccc(-c3csc(-c4ccccc4)n3)cc2)CC(=O)N=C2C=CC=CN21. The van der Waals surface area contributed by atoms with E-state index in [1.54, 1.807) is 41.5 Å². The molecule has 2 aliphatic heterocycles. The van der Waals surface area contributed by atoms with Gasteiger partial charge in [-0.2, -0.15) is 4.99 Å². The van der Waals surface area contributed by atoms with Gasteiger partial charge in [0, 0.05) is 28.4 Å². The first-order valence-corrected chi connectivity index (χ1v) is 11.1. The Hall–Kier alpha value is -3.84. The number of allylic oxidation sites excluding steroid dienone is 2. The highest BCUT2D eigenvalue weighted by Crippen LogP contribution is 2.31. The lowest BCUT2D eigenvalue weighted by molar-refractivity contribution is -0.130. The second-order valence-corrected chi connectivity index (χ2v) is 8.68. The summed E-state index contributed by atoms with van der Waals surface area (Å²) in [6.45, 7) is 1.76. The molecule has 2 aromatic carbocycles. The molecule has 1 aromatic heterocycles. The summed E-state index contributed by atoms with van der Waals surface area (Å²) < 4.78 is 0. The van der Waals surface area contributed by atoms with Crippen LogP contribution >= 0.6 is 11.3 Å². The van der Waals surface area contributed by atoms with Crippen molar-refractivity contribution < 1.29 is 9.59 Å². The lowest BCUT2D eigenvalue weighted by atomic mass is 9.91. The Morgan fingerprint density at radius 1 is 1.06 bits per heavy atom. The Morgan fingerprint density at radius 2 is 1.84 bits per heavy atom. The van der Waals surface area contributed by atoms with Crippen molar-refractivity contribution in [2.24, 2.45) is 4.99 Å². The number of thiazole rings is 1. The number of aromatic nitrogens is 1. The number of nitrogens with one attached hydrogen (secondary N) is 1. The maximum absolute atomic E-state index is 13.2. The number of nitrogens with zero attached hydrogens (tertiary/aromatic N) is 3. The van der Waals surface area contributed by atoms with Gasteiger partial charge in [-0.3, -0.25) is 9.59 Å². The lowest BCUT2D eigenvalue weighted by Crippen LogP contribution is -2.58. The largest absolute Gasteiger partial charge is 0.324 e. The fraction of sp³-hybridized carbons (Fsp3) is 0.120. The quantitative estimate of drug-likeness (QED) is 0.627. The highest BCUT2D eigenvalue weighted by atomic mass is 32.1. The molecule has 3 heterocycles. The second-order valence-electron chi connectivity index (χ2n) is 7.82. The topological polar surface area (TPSA) is 74.7 Å². The van der Waals surface area contributed by atoms with E-state index in [4.69, 9.17) is 4.98 Å². The Labute approximate surface area is 189 Å². The smallest absolute Gasteiger partial charge is 0.250 e. The predicted molar refractivity (Wildman–Crippen MR) is 127 cm³/mol. The summed E-state index contributed by atoms with van der Waals surface area (Å²) in [6, 6.07) is 17.6. The zero-order valence-electron chi connectivity index (χ0n) is 17.4. The van der Waals surface area contributed by atoms with Gasteiger partial charge in [0.1, 0.15) is 16.4 Å². The second kappa shape index (κ2) is 8.01. The number of hydrogen-bond acceptors (Lipinski definition) is 5. The zero-order chi connectivity index (χ0) is 22.1. The van der Waals surface area contributed by atoms with Crippen molar-refractivity contribution >= 4 is 34.7 Å². The summed E-state index contributed by atoms with van der Waals surface area (Å²) >= 11 is 1.60. The van der Waals surface area contributed by atoms with E-state index in [-0.39, 0.29) is 18.2 Å². The number of benzene rings is 2. The fourth-order valence-corrected chi connectivity index (χ4v) is 4.62. The molecule has 0 spiro atoms. The number of anilines is 1. The molecule has 7 heteroatoms. The third-order valence-electron chi connectivity index (χ3n) is 5.56. The van der Waals surface area contributed by atoms with Crippen LogP contribution in [0.1, 0.15) is 13.3 Å². The molecule has 5 rings (SSSR count). The van der Waals surface area contributed by atoms with Crippen molar-refractivity contribution in [3.63, 3.8) is 0 Å². The van der Waals surface area contributed by atoms with Gasteiger partial charge in [-0.25, -0.2) is 4.98 Å². The van der Waals surface area contributed by atoms with Crippen LogP contribution < -0.4 is 5.32 Å². The Balaban J connectivity index is 1.33. The van der Waals surface area contributed by atoms with Crippen LogP contribution in [0.5, 0.6) is 0 Å². The Kier molecular flexibility index (Phi) is 5.03. The molecule has 3 aromatic rings. The van der Waals surface area contributed by atoms with Gasteiger partial charge in [0.2, 0.25) is 0 Å². The van der Waals surface area contributed by atoms with Crippen LogP contribution in [0.4, 0.5) is 5.69 Å². The predicted octanol–water partition coefficient (Wildman–Crippen LogP) is 4.89. The number of carbonyl (C=O) groups excluding carboxylic acids is 2. The minimum atomic E-state index is -1.05. The standard InChI is InChI=1S/C25H20N4O2S/c1-25(15-22(30)28-21-9-5-6-14-29(21)25)24(31)26-19-12-10-17(11-13-19)20-16-32-23(27-20)18-7-3-2-4-8-18/h2-14,16H,15H2,1H3,(H,26,31). The maximum Gasteiger partial charge on any atom is 0.250 e. The monoisotopic (exact) mass is 440 g/mol. The number of fused-ring (bicyclic) bond motifs is 1. The van der Waals surface area contributed by atoms with Crippen LogP contribution in [-0.2, 0) is 9.59 Å². The molecule has 0 aliphatic carbocycles. The van der Waals surface area contributed by atoms with Crippen LogP contribution in [-0.4, -0.2) is 33.1 Å². The summed E-state index contributed by atoms with van der Waals surface area (Å²) in [4.78, 5) is 35.8. The number of amides is 2. The van der Waals surface area contributed by atoms with Crippen LogP contribution in [0.25, 0.3) is 21.8 Å². The van der Waals surface area contributed by atoms with Gasteiger partial charge in [0.15, 0.2) is 0 Å². The first-order chi connectivity index (χ1) is 15.5. The molecule has 1 N–H and O–H groups in total. The first kappa shape index (κ1) is 20.1. The number of hydrogen-bond donors (Lipinski definition) is 1. The molecular formula is C25H20N4O2S. The van der Waals surface area contributed by atoms with E-state index < -0.39 is 5.54 Å². The highest BCUT2D eigenvalue weighted by molar-refractivity contribution is 7.13. The van der Waals surface area contributed by atoms with E-state index in [9.17, 15) is 9.59 Å². The fourth-order valence-electron chi connectivity index (χ4n) is 3.79. The number of aliphatic imine (C=N–C) groups is 1. The van der Waals surface area contributed by atoms with Crippen molar-refractivity contribution in [1.29, 1.82) is 0 Å². The summed E-state index contributed by atoms with van der Waals surface area (Å²) in [6.07, 6.45) is 7.15. The minimum Gasteiger partial charge on any atom is -0.324 e. The summed E-state index contributed by atoms with van der Waals surface area (Å²) in [5.41, 5.74) is 2.56. The first-order valence-electron chi connectivity index (χ1n) is 10.2. The molecule has 1 unspecified atom stereocenters. The molecule has 0 saturated heterocycles. The van der Waals surface area contributed by atoms with Crippen LogP contribution in [0.15, 0.2) is 89.4 Å². The van der Waals surface area contributed by atoms with Crippen molar-refractivity contribution in [2.75, 3.05) is 5.32 Å². The van der Waals surface area contributed by atoms with Gasteiger partial charge in [-0.1, -0.05) is 48.5 Å². The average Bonchev–Trinajstić information content (AvgIpc) is 3.30. The summed E-state index contributed by atoms with van der Waals surface area (Å²) in [7, 11) is 0. The highest BCUT2D eigenvalue weighted by Gasteiger charge is 2.45. The van der Waals surface area contributed by atoms with Crippen molar-refractivity contribution in [3.05, 3.63) is 84.4 Å². The van der Waals surface area contributed by atoms with Gasteiger partial charge < -0.3 is 10.2 Å². The molecule has 2 amide bonds. The van der Waals surface area contributed by atoms with E-state index in [1.807, 2.05) is 66.1 Å². The van der Waals surface area contributed by atoms with Gasteiger partial charge in [-0.05, 0) is 31.2 Å². The minimum absolute atomic E-state index is 0.0136. The molecule has 1 atom stereocenters. The molecule has 158 valence electrons. The van der Waals surface area contributed by atoms with E-state index in [2.05, 4.69) is 10.3 Å². The van der Waals surface area contributed by atoms with E-state index in [1.165, 1.54) is 0 Å². The van der Waals surface area contributed by atoms with E-state index in [0.717, 1.165) is 21.8 Å². The molecule has 32 heavy (non-hydrogen) atoms. The van der Waals surface area contributed by atoms with Gasteiger partial charge in [0.25, 0.3) is 11.8 Å². The van der Waals surface area contributed by atoms with Crippen molar-refractivity contribution in [3.8, 4) is 21.8 Å². The molecule has 0 saturated carbocycles. The molecule has 2 aliphatic rings. The Bertz CT molecular complexity index is 1270. The van der Waals surface area contributed by atoms with Crippen LogP contribution in [0.3, 0.4) is 0 Å². The average molecular weight is 441 g/mol. The van der Waals surface area contributed by atoms with Crippen molar-refractivity contribution in [2.45, 2.75) is 18.9 Å².